The summed E-state index contributed by atoms with van der Waals surface area (Å²) in [5.74, 6) is -0.118. The molecule has 0 radical (unpaired) electrons. The molecule has 0 aliphatic heterocycles. The first kappa shape index (κ1) is 22.3. The Hall–Kier alpha value is -3.34. The molecule has 0 bridgehead atoms. The standard InChI is InChI=1S/C26H30N2O3/c1-7-31-26(30)24-17(5)23(18(6)27-24)19-8-10-20(11-9-19)25(29)28-22-13-16(4)12-21(14-22)15(2)3/h8-15,27H,7H2,1-6H3,(H,28,29). The fourth-order valence-electron chi connectivity index (χ4n) is 3.80. The van der Waals surface area contributed by atoms with E-state index in [0.717, 1.165) is 33.6 Å². The van der Waals surface area contributed by atoms with Gasteiger partial charge in [0.05, 0.1) is 6.61 Å². The second-order valence-corrected chi connectivity index (χ2v) is 8.16. The average molecular weight is 419 g/mol. The van der Waals surface area contributed by atoms with Gasteiger partial charge in [-0.05, 0) is 80.1 Å². The third kappa shape index (κ3) is 4.88. The van der Waals surface area contributed by atoms with Gasteiger partial charge in [0, 0.05) is 22.5 Å². The fourth-order valence-corrected chi connectivity index (χ4v) is 3.80. The number of carbonyl (C=O) groups is 2. The van der Waals surface area contributed by atoms with E-state index in [2.05, 4.69) is 30.2 Å². The zero-order valence-corrected chi connectivity index (χ0v) is 19.1. The summed E-state index contributed by atoms with van der Waals surface area (Å²) < 4.78 is 5.13. The first-order valence-corrected chi connectivity index (χ1v) is 10.6. The van der Waals surface area contributed by atoms with Crippen LogP contribution in [0.5, 0.6) is 0 Å². The third-order valence-corrected chi connectivity index (χ3v) is 5.38. The molecule has 1 amide bonds. The minimum Gasteiger partial charge on any atom is -0.461 e. The number of H-pyrrole nitrogens is 1. The molecule has 3 rings (SSSR count). The van der Waals surface area contributed by atoms with E-state index >= 15 is 0 Å². The van der Waals surface area contributed by atoms with Crippen molar-refractivity contribution in [3.8, 4) is 11.1 Å². The lowest BCUT2D eigenvalue weighted by molar-refractivity contribution is 0.0519. The zero-order chi connectivity index (χ0) is 22.7. The Kier molecular flexibility index (Phi) is 6.64. The molecule has 162 valence electrons. The lowest BCUT2D eigenvalue weighted by atomic mass is 9.99. The largest absolute Gasteiger partial charge is 0.461 e. The first-order valence-electron chi connectivity index (χ1n) is 10.6. The van der Waals surface area contributed by atoms with Crippen LogP contribution in [0.1, 0.15) is 69.9 Å². The summed E-state index contributed by atoms with van der Waals surface area (Å²) in [6, 6.07) is 13.6. The molecule has 31 heavy (non-hydrogen) atoms. The van der Waals surface area contributed by atoms with Gasteiger partial charge in [-0.15, -0.1) is 0 Å². The van der Waals surface area contributed by atoms with E-state index in [-0.39, 0.29) is 11.9 Å². The molecule has 1 heterocycles. The van der Waals surface area contributed by atoms with E-state index in [1.54, 1.807) is 19.1 Å². The van der Waals surface area contributed by atoms with Gasteiger partial charge >= 0.3 is 5.97 Å². The van der Waals surface area contributed by atoms with Crippen LogP contribution in [-0.4, -0.2) is 23.5 Å². The monoisotopic (exact) mass is 418 g/mol. The molecule has 5 nitrogen and oxygen atoms in total. The van der Waals surface area contributed by atoms with Crippen molar-refractivity contribution in [3.05, 3.63) is 76.1 Å². The molecule has 1 aromatic heterocycles. The van der Waals surface area contributed by atoms with E-state index in [0.29, 0.717) is 23.8 Å². The number of benzene rings is 2. The number of amides is 1. The van der Waals surface area contributed by atoms with Crippen LogP contribution >= 0.6 is 0 Å². The average Bonchev–Trinajstić information content (AvgIpc) is 3.02. The van der Waals surface area contributed by atoms with Crippen LogP contribution in [0.3, 0.4) is 0 Å². The maximum atomic E-state index is 12.8. The van der Waals surface area contributed by atoms with Gasteiger partial charge in [0.1, 0.15) is 5.69 Å². The summed E-state index contributed by atoms with van der Waals surface area (Å²) in [5, 5.41) is 3.00. The molecule has 0 aliphatic carbocycles. The van der Waals surface area contributed by atoms with Crippen molar-refractivity contribution in [2.24, 2.45) is 0 Å². The van der Waals surface area contributed by atoms with Crippen LogP contribution in [0.4, 0.5) is 5.69 Å². The van der Waals surface area contributed by atoms with E-state index < -0.39 is 0 Å². The summed E-state index contributed by atoms with van der Waals surface area (Å²) in [7, 11) is 0. The normalized spacial score (nSPS) is 10.9. The molecular formula is C26H30N2O3. The predicted molar refractivity (Wildman–Crippen MR) is 125 cm³/mol. The quantitative estimate of drug-likeness (QED) is 0.471. The number of esters is 1. The van der Waals surface area contributed by atoms with Crippen LogP contribution in [0, 0.1) is 20.8 Å². The molecule has 0 saturated carbocycles. The third-order valence-electron chi connectivity index (χ3n) is 5.38. The van der Waals surface area contributed by atoms with Gasteiger partial charge in [-0.3, -0.25) is 4.79 Å². The molecule has 0 aliphatic rings. The second-order valence-electron chi connectivity index (χ2n) is 8.16. The lowest BCUT2D eigenvalue weighted by Gasteiger charge is -2.12. The maximum Gasteiger partial charge on any atom is 0.355 e. The Morgan fingerprint density at radius 3 is 2.32 bits per heavy atom. The van der Waals surface area contributed by atoms with Crippen LogP contribution in [-0.2, 0) is 4.74 Å². The minimum atomic E-state index is -0.357. The highest BCUT2D eigenvalue weighted by molar-refractivity contribution is 6.04. The molecule has 5 heteroatoms. The molecule has 2 aromatic carbocycles. The maximum absolute atomic E-state index is 12.8. The lowest BCUT2D eigenvalue weighted by Crippen LogP contribution is -2.12. The number of anilines is 1. The van der Waals surface area contributed by atoms with Crippen LogP contribution in [0.2, 0.25) is 0 Å². The van der Waals surface area contributed by atoms with Gasteiger partial charge in [0.25, 0.3) is 5.91 Å². The smallest absolute Gasteiger partial charge is 0.355 e. The van der Waals surface area contributed by atoms with Crippen LogP contribution in [0.25, 0.3) is 11.1 Å². The predicted octanol–water partition coefficient (Wildman–Crippen LogP) is 6.16. The highest BCUT2D eigenvalue weighted by Crippen LogP contribution is 2.30. The Labute approximate surface area is 183 Å². The number of ether oxygens (including phenoxy) is 1. The molecule has 0 atom stereocenters. The molecule has 0 saturated heterocycles. The number of aromatic nitrogens is 1. The number of nitrogens with one attached hydrogen (secondary N) is 2. The highest BCUT2D eigenvalue weighted by atomic mass is 16.5. The molecule has 0 unspecified atom stereocenters. The van der Waals surface area contributed by atoms with Crippen LogP contribution < -0.4 is 5.32 Å². The van der Waals surface area contributed by atoms with Crippen molar-refractivity contribution >= 4 is 17.6 Å². The van der Waals surface area contributed by atoms with Crippen molar-refractivity contribution in [2.45, 2.75) is 47.5 Å². The Morgan fingerprint density at radius 1 is 1.03 bits per heavy atom. The summed E-state index contributed by atoms with van der Waals surface area (Å²) in [6.07, 6.45) is 0. The fraction of sp³-hybridized carbons (Fsp3) is 0.308. The summed E-state index contributed by atoms with van der Waals surface area (Å²) in [5.41, 5.74) is 7.78. The highest BCUT2D eigenvalue weighted by Gasteiger charge is 2.19. The van der Waals surface area contributed by atoms with Gasteiger partial charge in [0.2, 0.25) is 0 Å². The zero-order valence-electron chi connectivity index (χ0n) is 19.1. The summed E-state index contributed by atoms with van der Waals surface area (Å²) >= 11 is 0. The van der Waals surface area contributed by atoms with E-state index in [1.165, 1.54) is 5.56 Å². The summed E-state index contributed by atoms with van der Waals surface area (Å²) in [6.45, 7) is 12.2. The van der Waals surface area contributed by atoms with Crippen molar-refractivity contribution in [1.29, 1.82) is 0 Å². The number of carbonyl (C=O) groups excluding carboxylic acids is 2. The number of hydrogen-bond acceptors (Lipinski definition) is 3. The van der Waals surface area contributed by atoms with Crippen molar-refractivity contribution in [3.63, 3.8) is 0 Å². The van der Waals surface area contributed by atoms with E-state index in [9.17, 15) is 9.59 Å². The molecule has 2 N–H and O–H groups in total. The van der Waals surface area contributed by atoms with Gasteiger partial charge in [0.15, 0.2) is 0 Å². The number of rotatable bonds is 6. The SMILES string of the molecule is CCOC(=O)c1[nH]c(C)c(-c2ccc(C(=O)Nc3cc(C)cc(C(C)C)c3)cc2)c1C. The van der Waals surface area contributed by atoms with Crippen molar-refractivity contribution < 1.29 is 14.3 Å². The minimum absolute atomic E-state index is 0.151. The van der Waals surface area contributed by atoms with Crippen molar-refractivity contribution in [1.82, 2.24) is 4.98 Å². The van der Waals surface area contributed by atoms with Gasteiger partial charge in [-0.2, -0.15) is 0 Å². The van der Waals surface area contributed by atoms with Crippen LogP contribution in [0.15, 0.2) is 42.5 Å². The second kappa shape index (κ2) is 9.21. The topological polar surface area (TPSA) is 71.2 Å². The molecule has 0 fully saturated rings. The Balaban J connectivity index is 1.83. The van der Waals surface area contributed by atoms with Gasteiger partial charge < -0.3 is 15.0 Å². The Morgan fingerprint density at radius 2 is 1.71 bits per heavy atom. The van der Waals surface area contributed by atoms with Gasteiger partial charge in [-0.25, -0.2) is 4.79 Å². The Bertz CT molecular complexity index is 1110. The number of hydrogen-bond donors (Lipinski definition) is 2. The molecule has 3 aromatic rings. The first-order chi connectivity index (χ1) is 14.7. The van der Waals surface area contributed by atoms with Gasteiger partial charge in [-0.1, -0.05) is 32.0 Å². The van der Waals surface area contributed by atoms with E-state index in [1.807, 2.05) is 45.0 Å². The summed E-state index contributed by atoms with van der Waals surface area (Å²) in [4.78, 5) is 28.1. The van der Waals surface area contributed by atoms with E-state index in [4.69, 9.17) is 4.74 Å². The molecule has 0 spiro atoms. The number of aryl methyl sites for hydroxylation is 2. The molecular weight excluding hydrogens is 388 g/mol. The number of aromatic amines is 1. The van der Waals surface area contributed by atoms with Crippen molar-refractivity contribution in [2.75, 3.05) is 11.9 Å².